The maximum Gasteiger partial charge on any atom is 0.0589 e. The maximum absolute atomic E-state index is 6.35. The molecule has 1 aromatic rings. The molecule has 0 aliphatic carbocycles. The van der Waals surface area contributed by atoms with Crippen LogP contribution in [-0.4, -0.2) is 38.3 Å². The van der Waals surface area contributed by atoms with E-state index in [9.17, 15) is 0 Å². The predicted molar refractivity (Wildman–Crippen MR) is 89.2 cm³/mol. The highest BCUT2D eigenvalue weighted by molar-refractivity contribution is 9.10. The molecule has 0 fully saturated rings. The average molecular weight is 364 g/mol. The summed E-state index contributed by atoms with van der Waals surface area (Å²) in [5, 5.41) is 0.759. The first-order chi connectivity index (χ1) is 9.49. The van der Waals surface area contributed by atoms with E-state index in [1.54, 1.807) is 7.11 Å². The van der Waals surface area contributed by atoms with Gasteiger partial charge in [-0.05, 0) is 29.7 Å². The molecule has 114 valence electrons. The van der Waals surface area contributed by atoms with Crippen molar-refractivity contribution in [3.8, 4) is 0 Å². The van der Waals surface area contributed by atoms with Crippen LogP contribution in [0.4, 0.5) is 0 Å². The summed E-state index contributed by atoms with van der Waals surface area (Å²) in [6.07, 6.45) is 0. The van der Waals surface area contributed by atoms with Crippen LogP contribution in [0.3, 0.4) is 0 Å². The highest BCUT2D eigenvalue weighted by Gasteiger charge is 2.22. The molecular formula is C15H24BrClN2O. The van der Waals surface area contributed by atoms with E-state index < -0.39 is 0 Å². The summed E-state index contributed by atoms with van der Waals surface area (Å²) in [6.45, 7) is 7.45. The molecule has 0 saturated carbocycles. The summed E-state index contributed by atoms with van der Waals surface area (Å²) >= 11 is 9.85. The Bertz CT molecular complexity index is 415. The second kappa shape index (κ2) is 9.00. The van der Waals surface area contributed by atoms with Crippen molar-refractivity contribution < 1.29 is 4.74 Å². The van der Waals surface area contributed by atoms with Gasteiger partial charge in [-0.25, -0.2) is 0 Å². The van der Waals surface area contributed by atoms with E-state index >= 15 is 0 Å². The smallest absolute Gasteiger partial charge is 0.0589 e. The average Bonchev–Trinajstić information content (AvgIpc) is 2.40. The lowest BCUT2D eigenvalue weighted by Crippen LogP contribution is -2.38. The summed E-state index contributed by atoms with van der Waals surface area (Å²) in [4.78, 5) is 2.35. The lowest BCUT2D eigenvalue weighted by Gasteiger charge is -2.33. The van der Waals surface area contributed by atoms with Gasteiger partial charge in [-0.15, -0.1) is 0 Å². The molecule has 3 nitrogen and oxygen atoms in total. The molecule has 0 aromatic heterocycles. The molecule has 0 bridgehead atoms. The van der Waals surface area contributed by atoms with Crippen LogP contribution >= 0.6 is 27.5 Å². The Kier molecular flexibility index (Phi) is 8.07. The number of ether oxygens (including phenoxy) is 1. The lowest BCUT2D eigenvalue weighted by molar-refractivity contribution is 0.112. The van der Waals surface area contributed by atoms with Crippen LogP contribution in [-0.2, 0) is 4.74 Å². The summed E-state index contributed by atoms with van der Waals surface area (Å²) in [7, 11) is 1.72. The number of hydrogen-bond acceptors (Lipinski definition) is 3. The van der Waals surface area contributed by atoms with Gasteiger partial charge in [0.05, 0.1) is 6.61 Å². The zero-order valence-electron chi connectivity index (χ0n) is 12.4. The highest BCUT2D eigenvalue weighted by atomic mass is 79.9. The van der Waals surface area contributed by atoms with E-state index in [0.29, 0.717) is 19.1 Å². The molecule has 1 aromatic carbocycles. The van der Waals surface area contributed by atoms with Crippen molar-refractivity contribution in [2.75, 3.05) is 33.4 Å². The molecule has 0 aliphatic heterocycles. The van der Waals surface area contributed by atoms with Gasteiger partial charge in [0.1, 0.15) is 0 Å². The third-order valence-electron chi connectivity index (χ3n) is 3.16. The Hall–Kier alpha value is -0.130. The summed E-state index contributed by atoms with van der Waals surface area (Å²) in [6, 6.07) is 6.02. The van der Waals surface area contributed by atoms with Gasteiger partial charge in [0.2, 0.25) is 0 Å². The number of rotatable bonds is 8. The Morgan fingerprint density at radius 1 is 1.40 bits per heavy atom. The van der Waals surface area contributed by atoms with E-state index in [1.807, 2.05) is 12.1 Å². The molecule has 5 heteroatoms. The number of methoxy groups -OCH3 is 1. The Balaban J connectivity index is 3.01. The van der Waals surface area contributed by atoms with Crippen LogP contribution in [0.15, 0.2) is 22.7 Å². The molecule has 2 N–H and O–H groups in total. The maximum atomic E-state index is 6.35. The molecule has 1 rings (SSSR count). The quantitative estimate of drug-likeness (QED) is 0.765. The molecular weight excluding hydrogens is 340 g/mol. The molecule has 0 saturated heterocycles. The van der Waals surface area contributed by atoms with E-state index in [2.05, 4.69) is 40.7 Å². The minimum Gasteiger partial charge on any atom is -0.383 e. The van der Waals surface area contributed by atoms with Crippen LogP contribution in [0.1, 0.15) is 25.5 Å². The first-order valence-electron chi connectivity index (χ1n) is 6.87. The molecule has 1 atom stereocenters. The summed E-state index contributed by atoms with van der Waals surface area (Å²) < 4.78 is 6.23. The predicted octanol–water partition coefficient (Wildman–Crippen LogP) is 3.71. The van der Waals surface area contributed by atoms with Crippen molar-refractivity contribution >= 4 is 27.5 Å². The molecule has 0 aliphatic rings. The van der Waals surface area contributed by atoms with Gasteiger partial charge in [0.25, 0.3) is 0 Å². The van der Waals surface area contributed by atoms with Crippen LogP contribution in [0, 0.1) is 5.92 Å². The zero-order chi connectivity index (χ0) is 15.1. The molecule has 0 amide bonds. The van der Waals surface area contributed by atoms with Crippen molar-refractivity contribution in [3.63, 3.8) is 0 Å². The monoisotopic (exact) mass is 362 g/mol. The summed E-state index contributed by atoms with van der Waals surface area (Å²) in [5.74, 6) is 0.562. The van der Waals surface area contributed by atoms with Gasteiger partial charge in [-0.1, -0.05) is 41.4 Å². The minimum absolute atomic E-state index is 0.109. The number of nitrogens with zero attached hydrogens (tertiary/aromatic N) is 1. The van der Waals surface area contributed by atoms with Gasteiger partial charge < -0.3 is 10.5 Å². The van der Waals surface area contributed by atoms with Crippen molar-refractivity contribution in [1.29, 1.82) is 0 Å². The third kappa shape index (κ3) is 5.34. The number of nitrogens with two attached hydrogens (primary N) is 1. The first-order valence-corrected chi connectivity index (χ1v) is 8.04. The second-order valence-electron chi connectivity index (χ2n) is 5.30. The third-order valence-corrected chi connectivity index (χ3v) is 4.00. The highest BCUT2D eigenvalue weighted by Crippen LogP contribution is 2.30. The molecule has 0 spiro atoms. The number of halogens is 2. The minimum atomic E-state index is 0.109. The SMILES string of the molecule is COCCN(CC(C)C)C(CN)c1cc(Br)ccc1Cl. The van der Waals surface area contributed by atoms with Crippen molar-refractivity contribution in [2.45, 2.75) is 19.9 Å². The van der Waals surface area contributed by atoms with Gasteiger partial charge >= 0.3 is 0 Å². The topological polar surface area (TPSA) is 38.5 Å². The van der Waals surface area contributed by atoms with E-state index in [-0.39, 0.29) is 6.04 Å². The lowest BCUT2D eigenvalue weighted by atomic mass is 10.0. The van der Waals surface area contributed by atoms with E-state index in [0.717, 1.165) is 28.1 Å². The molecule has 20 heavy (non-hydrogen) atoms. The van der Waals surface area contributed by atoms with Crippen molar-refractivity contribution in [3.05, 3.63) is 33.3 Å². The van der Waals surface area contributed by atoms with Gasteiger partial charge in [0, 0.05) is 42.3 Å². The van der Waals surface area contributed by atoms with Crippen LogP contribution in [0.5, 0.6) is 0 Å². The van der Waals surface area contributed by atoms with E-state index in [4.69, 9.17) is 22.1 Å². The Morgan fingerprint density at radius 2 is 2.10 bits per heavy atom. The van der Waals surface area contributed by atoms with Crippen molar-refractivity contribution in [2.24, 2.45) is 11.7 Å². The standard InChI is InChI=1S/C15H24BrClN2O/c1-11(2)10-19(6-7-20-3)15(9-18)13-8-12(16)4-5-14(13)17/h4-5,8,11,15H,6-7,9-10,18H2,1-3H3. The van der Waals surface area contributed by atoms with Crippen molar-refractivity contribution in [1.82, 2.24) is 4.90 Å². The Labute approximate surface area is 135 Å². The van der Waals surface area contributed by atoms with E-state index in [1.165, 1.54) is 0 Å². The largest absolute Gasteiger partial charge is 0.383 e. The Morgan fingerprint density at radius 3 is 2.65 bits per heavy atom. The summed E-state index contributed by atoms with van der Waals surface area (Å²) in [5.41, 5.74) is 7.09. The second-order valence-corrected chi connectivity index (χ2v) is 6.62. The van der Waals surface area contributed by atoms with Crippen LogP contribution in [0.25, 0.3) is 0 Å². The fourth-order valence-electron chi connectivity index (χ4n) is 2.29. The molecule has 0 radical (unpaired) electrons. The number of benzene rings is 1. The van der Waals surface area contributed by atoms with Gasteiger partial charge in [-0.2, -0.15) is 0 Å². The van der Waals surface area contributed by atoms with Crippen LogP contribution in [0.2, 0.25) is 5.02 Å². The fourth-order valence-corrected chi connectivity index (χ4v) is 2.92. The molecule has 0 heterocycles. The normalized spacial score (nSPS) is 13.2. The zero-order valence-corrected chi connectivity index (χ0v) is 14.7. The van der Waals surface area contributed by atoms with Gasteiger partial charge in [0.15, 0.2) is 0 Å². The van der Waals surface area contributed by atoms with Gasteiger partial charge in [-0.3, -0.25) is 4.90 Å². The van der Waals surface area contributed by atoms with Crippen LogP contribution < -0.4 is 5.73 Å². The fraction of sp³-hybridized carbons (Fsp3) is 0.600. The number of hydrogen-bond donors (Lipinski definition) is 1. The molecule has 1 unspecified atom stereocenters. The first kappa shape index (κ1) is 17.9.